The minimum Gasteiger partial charge on any atom is -0.491 e. The molecule has 288 valence electrons. The van der Waals surface area contributed by atoms with E-state index in [0.29, 0.717) is 0 Å². The topological polar surface area (TPSA) is 158 Å². The van der Waals surface area contributed by atoms with E-state index in [-0.39, 0.29) is 36.8 Å². The van der Waals surface area contributed by atoms with Crippen molar-refractivity contribution in [3.8, 4) is 5.75 Å². The summed E-state index contributed by atoms with van der Waals surface area (Å²) in [7, 11) is 1.49. The van der Waals surface area contributed by atoms with Crippen molar-refractivity contribution in [2.24, 2.45) is 5.92 Å². The highest BCUT2D eigenvalue weighted by Crippen LogP contribution is 2.20. The fourth-order valence-corrected chi connectivity index (χ4v) is 6.43. The number of ether oxygens (including phenoxy) is 2. The first-order valence-electron chi connectivity index (χ1n) is 18.6. The molecule has 2 aliphatic heterocycles. The molecule has 3 aromatic carbocycles. The van der Waals surface area contributed by atoms with E-state index in [1.165, 1.54) is 11.9 Å². The van der Waals surface area contributed by atoms with Crippen molar-refractivity contribution in [2.75, 3.05) is 40.0 Å². The monoisotopic (exact) mass is 740 g/mol. The molecule has 0 radical (unpaired) electrons. The number of morpholine rings is 1. The van der Waals surface area contributed by atoms with Crippen LogP contribution in [-0.4, -0.2) is 103 Å². The van der Waals surface area contributed by atoms with E-state index in [4.69, 9.17) is 9.47 Å². The van der Waals surface area contributed by atoms with Crippen LogP contribution in [0.15, 0.2) is 78.9 Å². The molecule has 2 heterocycles. The second kappa shape index (κ2) is 19.2. The van der Waals surface area contributed by atoms with E-state index < -0.39 is 60.1 Å². The van der Waals surface area contributed by atoms with E-state index in [0.717, 1.165) is 49.5 Å². The first-order chi connectivity index (χ1) is 26.0. The molecule has 0 bridgehead atoms. The Bertz CT molecular complexity index is 1750. The highest BCUT2D eigenvalue weighted by Gasteiger charge is 2.35. The van der Waals surface area contributed by atoms with Crippen molar-refractivity contribution < 1.29 is 33.4 Å². The van der Waals surface area contributed by atoms with E-state index in [2.05, 4.69) is 26.2 Å². The number of amides is 5. The molecule has 4 atom stereocenters. The Morgan fingerprint density at radius 1 is 0.833 bits per heavy atom. The second-order valence-electron chi connectivity index (χ2n) is 14.3. The van der Waals surface area contributed by atoms with Crippen LogP contribution >= 0.6 is 0 Å². The summed E-state index contributed by atoms with van der Waals surface area (Å²) < 4.78 is 11.4. The molecule has 54 heavy (non-hydrogen) atoms. The van der Waals surface area contributed by atoms with Gasteiger partial charge in [-0.1, -0.05) is 80.6 Å². The lowest BCUT2D eigenvalue weighted by Crippen LogP contribution is -2.58. The zero-order valence-electron chi connectivity index (χ0n) is 31.5. The van der Waals surface area contributed by atoms with Gasteiger partial charge in [-0.25, -0.2) is 0 Å². The lowest BCUT2D eigenvalue weighted by atomic mass is 9.99. The third-order valence-corrected chi connectivity index (χ3v) is 9.69. The predicted molar refractivity (Wildman–Crippen MR) is 203 cm³/mol. The number of rotatable bonds is 8. The van der Waals surface area contributed by atoms with Crippen molar-refractivity contribution >= 4 is 29.5 Å². The number of nitrogens with zero attached hydrogens (tertiary/aromatic N) is 2. The molecule has 1 fully saturated rings. The number of carbonyl (C=O) groups excluding carboxylic acids is 5. The molecule has 13 nitrogen and oxygen atoms in total. The molecular formula is C41H52N6O7. The average molecular weight is 741 g/mol. The minimum atomic E-state index is -1.29. The number of nitrogens with one attached hydrogen (secondary N) is 4. The third kappa shape index (κ3) is 11.1. The maximum atomic E-state index is 14.1. The third-order valence-electron chi connectivity index (χ3n) is 9.69. The zero-order chi connectivity index (χ0) is 38.6. The van der Waals surface area contributed by atoms with Crippen LogP contribution in [0, 0.1) is 5.92 Å². The maximum absolute atomic E-state index is 14.1. The normalized spacial score (nSPS) is 22.3. The Hall–Kier alpha value is -5.27. The summed E-state index contributed by atoms with van der Waals surface area (Å²) in [4.78, 5) is 72.8. The lowest BCUT2D eigenvalue weighted by Gasteiger charge is -2.31. The molecule has 0 unspecified atom stereocenters. The van der Waals surface area contributed by atoms with Gasteiger partial charge in [-0.2, -0.15) is 0 Å². The molecular weight excluding hydrogens is 688 g/mol. The molecule has 0 aliphatic carbocycles. The highest BCUT2D eigenvalue weighted by molar-refractivity contribution is 6.01. The van der Waals surface area contributed by atoms with Gasteiger partial charge in [0.25, 0.3) is 5.91 Å². The molecule has 4 N–H and O–H groups in total. The highest BCUT2D eigenvalue weighted by atomic mass is 16.5. The van der Waals surface area contributed by atoms with Gasteiger partial charge < -0.3 is 35.6 Å². The van der Waals surface area contributed by atoms with Gasteiger partial charge in [0.2, 0.25) is 23.6 Å². The van der Waals surface area contributed by atoms with Crippen molar-refractivity contribution in [1.29, 1.82) is 0 Å². The Morgan fingerprint density at radius 3 is 2.20 bits per heavy atom. The van der Waals surface area contributed by atoms with Gasteiger partial charge in [-0.3, -0.25) is 28.9 Å². The lowest BCUT2D eigenvalue weighted by molar-refractivity contribution is -0.141. The zero-order valence-corrected chi connectivity index (χ0v) is 31.5. The van der Waals surface area contributed by atoms with Crippen molar-refractivity contribution in [1.82, 2.24) is 31.1 Å². The SMILES string of the molecule is CC(C)[C@H]1NC(=O)[C@H](Cc2ccccc2)N(C)C(=O)C[C@@H](C(=O)NCc2ccc(CN3CCOCC3)cc2)NC(=O)c2ccccc2OC[C@H](C)NC1=O. The Balaban J connectivity index is 1.40. The fraction of sp³-hybridized carbons (Fsp3) is 0.439. The number of hydrogen-bond donors (Lipinski definition) is 4. The number of para-hydroxylation sites is 1. The van der Waals surface area contributed by atoms with Gasteiger partial charge in [0.05, 0.1) is 31.2 Å². The summed E-state index contributed by atoms with van der Waals surface area (Å²) in [6.45, 7) is 9.60. The molecule has 1 saturated heterocycles. The fourth-order valence-electron chi connectivity index (χ4n) is 6.43. The van der Waals surface area contributed by atoms with E-state index in [1.807, 2.05) is 68.4 Å². The number of carbonyl (C=O) groups is 5. The largest absolute Gasteiger partial charge is 0.491 e. The molecule has 0 aromatic heterocycles. The van der Waals surface area contributed by atoms with Crippen molar-refractivity contribution in [3.63, 3.8) is 0 Å². The van der Waals surface area contributed by atoms with Crippen molar-refractivity contribution in [3.05, 3.63) is 101 Å². The van der Waals surface area contributed by atoms with Gasteiger partial charge in [-0.15, -0.1) is 0 Å². The van der Waals surface area contributed by atoms with E-state index in [1.54, 1.807) is 31.2 Å². The Labute approximate surface area is 317 Å². The number of likely N-dealkylation sites (N-methyl/N-ethyl adjacent to an activating group) is 1. The molecule has 3 aromatic rings. The van der Waals surface area contributed by atoms with Crippen LogP contribution in [0.2, 0.25) is 0 Å². The molecule has 0 spiro atoms. The second-order valence-corrected chi connectivity index (χ2v) is 14.3. The summed E-state index contributed by atoms with van der Waals surface area (Å²) >= 11 is 0. The maximum Gasteiger partial charge on any atom is 0.255 e. The summed E-state index contributed by atoms with van der Waals surface area (Å²) in [6.07, 6.45) is -0.275. The Kier molecular flexibility index (Phi) is 14.2. The smallest absolute Gasteiger partial charge is 0.255 e. The summed E-state index contributed by atoms with van der Waals surface area (Å²) in [5.74, 6) is -2.69. The van der Waals surface area contributed by atoms with Crippen LogP contribution in [0.3, 0.4) is 0 Å². The average Bonchev–Trinajstić information content (AvgIpc) is 3.17. The van der Waals surface area contributed by atoms with Gasteiger partial charge in [0.15, 0.2) is 0 Å². The van der Waals surface area contributed by atoms with E-state index in [9.17, 15) is 24.0 Å². The van der Waals surface area contributed by atoms with Gasteiger partial charge in [-0.05, 0) is 41.7 Å². The quantitative estimate of drug-likeness (QED) is 0.274. The van der Waals surface area contributed by atoms with Gasteiger partial charge in [0, 0.05) is 39.6 Å². The summed E-state index contributed by atoms with van der Waals surface area (Å²) in [5, 5.41) is 11.4. The van der Waals surface area contributed by atoms with Crippen molar-refractivity contribution in [2.45, 2.75) is 70.9 Å². The summed E-state index contributed by atoms with van der Waals surface area (Å²) in [5.41, 5.74) is 2.96. The molecule has 2 aliphatic rings. The number of benzene rings is 3. The predicted octanol–water partition coefficient (Wildman–Crippen LogP) is 2.43. The minimum absolute atomic E-state index is 0.0296. The van der Waals surface area contributed by atoms with Crippen LogP contribution < -0.4 is 26.0 Å². The Morgan fingerprint density at radius 2 is 1.50 bits per heavy atom. The first kappa shape index (κ1) is 39.9. The first-order valence-corrected chi connectivity index (χ1v) is 18.6. The summed E-state index contributed by atoms with van der Waals surface area (Å²) in [6, 6.07) is 20.0. The van der Waals surface area contributed by atoms with Crippen LogP contribution in [0.5, 0.6) is 5.75 Å². The van der Waals surface area contributed by atoms with E-state index >= 15 is 0 Å². The standard InChI is InChI=1S/C41H52N6O7/c1-27(2)37-41(52)43-28(3)26-54-35-13-9-8-12-32(35)38(49)44-33(23-36(48)46(4)34(40(51)45-37)22-29-10-6-5-7-11-29)39(50)42-24-30-14-16-31(17-15-30)25-47-18-20-53-21-19-47/h5-17,27-28,33-34,37H,18-26H2,1-4H3,(H,42,50)(H,43,52)(H,44,49)(H,45,51)/t28-,33-,34-,37+/m0/s1. The van der Waals surface area contributed by atoms with Crippen LogP contribution in [0.25, 0.3) is 0 Å². The van der Waals surface area contributed by atoms with Gasteiger partial charge >= 0.3 is 0 Å². The molecule has 0 saturated carbocycles. The number of hydrogen-bond acceptors (Lipinski definition) is 8. The molecule has 5 rings (SSSR count). The van der Waals surface area contributed by atoms with Gasteiger partial charge in [0.1, 0.15) is 30.5 Å². The van der Waals surface area contributed by atoms with Crippen LogP contribution in [0.4, 0.5) is 0 Å². The number of fused-ring (bicyclic) bond motifs is 1. The molecule has 13 heteroatoms. The molecule has 5 amide bonds. The van der Waals surface area contributed by atoms with Crippen LogP contribution in [-0.2, 0) is 43.4 Å². The van der Waals surface area contributed by atoms with Crippen LogP contribution in [0.1, 0.15) is 54.2 Å².